The number of aliphatic hydroxyl groups is 1. The molecular weight excluding hydrogens is 244 g/mol. The van der Waals surface area contributed by atoms with Gasteiger partial charge >= 0.3 is 5.97 Å². The Hall–Kier alpha value is -1.55. The number of ether oxygens (including phenoxy) is 1. The van der Waals surface area contributed by atoms with E-state index < -0.39 is 6.10 Å². The van der Waals surface area contributed by atoms with Gasteiger partial charge in [0, 0.05) is 12.3 Å². The van der Waals surface area contributed by atoms with Crippen LogP contribution >= 0.6 is 0 Å². The zero-order chi connectivity index (χ0) is 13.8. The number of phenolic OH excluding ortho intramolecular Hbond substituents is 1. The van der Waals surface area contributed by atoms with Gasteiger partial charge in [-0.1, -0.05) is 12.1 Å². The van der Waals surface area contributed by atoms with Gasteiger partial charge < -0.3 is 14.9 Å². The summed E-state index contributed by atoms with van der Waals surface area (Å²) in [6.45, 7) is 2.17. The molecule has 2 rings (SSSR count). The Morgan fingerprint density at radius 1 is 1.42 bits per heavy atom. The molecule has 1 saturated carbocycles. The number of esters is 1. The minimum Gasteiger partial charge on any atom is -0.508 e. The number of aromatic hydroxyl groups is 1. The number of hydrogen-bond acceptors (Lipinski definition) is 4. The van der Waals surface area contributed by atoms with Crippen LogP contribution in [-0.2, 0) is 9.53 Å². The van der Waals surface area contributed by atoms with Gasteiger partial charge in [-0.25, -0.2) is 0 Å². The Labute approximate surface area is 113 Å². The van der Waals surface area contributed by atoms with Crippen LogP contribution in [0.5, 0.6) is 5.75 Å². The highest BCUT2D eigenvalue weighted by Crippen LogP contribution is 2.42. The highest BCUT2D eigenvalue weighted by Gasteiger charge is 2.37. The molecule has 2 N–H and O–H groups in total. The fourth-order valence-electron chi connectivity index (χ4n) is 2.95. The smallest absolute Gasteiger partial charge is 0.306 e. The zero-order valence-corrected chi connectivity index (χ0v) is 11.1. The molecule has 4 nitrogen and oxygen atoms in total. The molecule has 1 aliphatic carbocycles. The molecule has 0 aliphatic heterocycles. The first-order valence-electron chi connectivity index (χ1n) is 6.74. The SMILES string of the molecule is CCOC(=O)CC1CCC(O)C1c1cccc(O)c1. The predicted molar refractivity (Wildman–Crippen MR) is 70.8 cm³/mol. The van der Waals surface area contributed by atoms with Crippen LogP contribution in [0.15, 0.2) is 24.3 Å². The second-order valence-corrected chi connectivity index (χ2v) is 5.03. The molecule has 0 radical (unpaired) electrons. The van der Waals surface area contributed by atoms with E-state index in [9.17, 15) is 15.0 Å². The molecule has 1 aromatic carbocycles. The first kappa shape index (κ1) is 13.9. The average Bonchev–Trinajstić information content (AvgIpc) is 2.70. The van der Waals surface area contributed by atoms with Crippen molar-refractivity contribution in [3.8, 4) is 5.75 Å². The lowest BCUT2D eigenvalue weighted by Crippen LogP contribution is -2.20. The van der Waals surface area contributed by atoms with E-state index in [0.29, 0.717) is 19.4 Å². The summed E-state index contributed by atoms with van der Waals surface area (Å²) in [5.74, 6) is -0.0504. The molecule has 1 aliphatic rings. The maximum atomic E-state index is 11.6. The fourth-order valence-corrected chi connectivity index (χ4v) is 2.95. The van der Waals surface area contributed by atoms with E-state index in [-0.39, 0.29) is 23.6 Å². The Morgan fingerprint density at radius 3 is 2.89 bits per heavy atom. The van der Waals surface area contributed by atoms with Crippen LogP contribution in [0.4, 0.5) is 0 Å². The number of hydrogen-bond donors (Lipinski definition) is 2. The van der Waals surface area contributed by atoms with Crippen molar-refractivity contribution >= 4 is 5.97 Å². The summed E-state index contributed by atoms with van der Waals surface area (Å²) < 4.78 is 4.98. The largest absolute Gasteiger partial charge is 0.508 e. The molecule has 0 amide bonds. The standard InChI is InChI=1S/C15H20O4/c1-2-19-14(18)9-11-6-7-13(17)15(11)10-4-3-5-12(16)8-10/h3-5,8,11,13,15-17H,2,6-7,9H2,1H3. The molecule has 0 spiro atoms. The number of carbonyl (C=O) groups excluding carboxylic acids is 1. The van der Waals surface area contributed by atoms with Crippen LogP contribution in [0.25, 0.3) is 0 Å². The van der Waals surface area contributed by atoms with E-state index in [4.69, 9.17) is 4.74 Å². The Kier molecular flexibility index (Phi) is 4.43. The highest BCUT2D eigenvalue weighted by molar-refractivity contribution is 5.70. The van der Waals surface area contributed by atoms with Gasteiger partial charge in [0.2, 0.25) is 0 Å². The molecule has 1 aromatic rings. The number of rotatable bonds is 4. The molecule has 1 fully saturated rings. The van der Waals surface area contributed by atoms with E-state index in [1.54, 1.807) is 25.1 Å². The third-order valence-electron chi connectivity index (χ3n) is 3.74. The van der Waals surface area contributed by atoms with Crippen LogP contribution < -0.4 is 0 Å². The van der Waals surface area contributed by atoms with Crippen LogP contribution in [0, 0.1) is 5.92 Å². The van der Waals surface area contributed by atoms with Crippen molar-refractivity contribution in [3.05, 3.63) is 29.8 Å². The topological polar surface area (TPSA) is 66.8 Å². The molecule has 0 aromatic heterocycles. The second kappa shape index (κ2) is 6.06. The molecule has 0 saturated heterocycles. The van der Waals surface area contributed by atoms with Gasteiger partial charge in [0.05, 0.1) is 12.7 Å². The van der Waals surface area contributed by atoms with E-state index in [0.717, 1.165) is 12.0 Å². The van der Waals surface area contributed by atoms with Crippen LogP contribution in [0.2, 0.25) is 0 Å². The molecule has 0 heterocycles. The van der Waals surface area contributed by atoms with Crippen LogP contribution in [-0.4, -0.2) is 28.9 Å². The van der Waals surface area contributed by atoms with Crippen molar-refractivity contribution in [3.63, 3.8) is 0 Å². The van der Waals surface area contributed by atoms with Gasteiger partial charge in [0.25, 0.3) is 0 Å². The van der Waals surface area contributed by atoms with Crippen molar-refractivity contribution in [2.75, 3.05) is 6.61 Å². The number of benzene rings is 1. The normalized spacial score (nSPS) is 26.3. The third-order valence-corrected chi connectivity index (χ3v) is 3.74. The van der Waals surface area contributed by atoms with Crippen molar-refractivity contribution in [1.82, 2.24) is 0 Å². The van der Waals surface area contributed by atoms with Crippen LogP contribution in [0.3, 0.4) is 0 Å². The summed E-state index contributed by atoms with van der Waals surface area (Å²) in [6, 6.07) is 6.91. The third kappa shape index (κ3) is 3.26. The molecule has 19 heavy (non-hydrogen) atoms. The molecule has 104 valence electrons. The first-order chi connectivity index (χ1) is 9.11. The fraction of sp³-hybridized carbons (Fsp3) is 0.533. The van der Waals surface area contributed by atoms with Gasteiger partial charge in [-0.3, -0.25) is 4.79 Å². The average molecular weight is 264 g/mol. The van der Waals surface area contributed by atoms with Crippen molar-refractivity contribution in [2.45, 2.75) is 38.2 Å². The van der Waals surface area contributed by atoms with Crippen molar-refractivity contribution in [1.29, 1.82) is 0 Å². The Morgan fingerprint density at radius 2 is 2.21 bits per heavy atom. The minimum atomic E-state index is -0.457. The van der Waals surface area contributed by atoms with E-state index >= 15 is 0 Å². The lowest BCUT2D eigenvalue weighted by Gasteiger charge is -2.22. The molecule has 4 heteroatoms. The highest BCUT2D eigenvalue weighted by atomic mass is 16.5. The Balaban J connectivity index is 2.13. The van der Waals surface area contributed by atoms with Crippen LogP contribution in [0.1, 0.15) is 37.7 Å². The first-order valence-corrected chi connectivity index (χ1v) is 6.74. The zero-order valence-electron chi connectivity index (χ0n) is 11.1. The lowest BCUT2D eigenvalue weighted by atomic mass is 9.85. The minimum absolute atomic E-state index is 0.0795. The quantitative estimate of drug-likeness (QED) is 0.818. The summed E-state index contributed by atoms with van der Waals surface area (Å²) in [4.78, 5) is 11.6. The van der Waals surface area contributed by atoms with Gasteiger partial charge in [-0.2, -0.15) is 0 Å². The molecular formula is C15H20O4. The lowest BCUT2D eigenvalue weighted by molar-refractivity contribution is -0.144. The summed E-state index contributed by atoms with van der Waals surface area (Å²) in [5, 5.41) is 19.7. The maximum Gasteiger partial charge on any atom is 0.306 e. The van der Waals surface area contributed by atoms with Crippen molar-refractivity contribution in [2.24, 2.45) is 5.92 Å². The van der Waals surface area contributed by atoms with E-state index in [2.05, 4.69) is 0 Å². The number of carbonyl (C=O) groups is 1. The Bertz CT molecular complexity index is 444. The van der Waals surface area contributed by atoms with E-state index in [1.807, 2.05) is 6.07 Å². The molecule has 3 atom stereocenters. The number of phenols is 1. The predicted octanol–water partition coefficient (Wildman–Crippen LogP) is 2.20. The van der Waals surface area contributed by atoms with Gasteiger partial charge in [0.15, 0.2) is 0 Å². The summed E-state index contributed by atoms with van der Waals surface area (Å²) in [5.41, 5.74) is 0.888. The van der Waals surface area contributed by atoms with Crippen molar-refractivity contribution < 1.29 is 19.7 Å². The number of aliphatic hydroxyl groups excluding tert-OH is 1. The summed E-state index contributed by atoms with van der Waals surface area (Å²) in [7, 11) is 0. The summed E-state index contributed by atoms with van der Waals surface area (Å²) in [6.07, 6.45) is 1.36. The second-order valence-electron chi connectivity index (χ2n) is 5.03. The van der Waals surface area contributed by atoms with Gasteiger partial charge in [0.1, 0.15) is 5.75 Å². The molecule has 3 unspecified atom stereocenters. The monoisotopic (exact) mass is 264 g/mol. The maximum absolute atomic E-state index is 11.6. The summed E-state index contributed by atoms with van der Waals surface area (Å²) >= 11 is 0. The van der Waals surface area contributed by atoms with E-state index in [1.165, 1.54) is 0 Å². The van der Waals surface area contributed by atoms with Gasteiger partial charge in [-0.15, -0.1) is 0 Å². The van der Waals surface area contributed by atoms with Gasteiger partial charge in [-0.05, 0) is 43.4 Å². The molecule has 0 bridgehead atoms.